The Labute approximate surface area is 123 Å². The fourth-order valence-corrected chi connectivity index (χ4v) is 2.92. The lowest BCUT2D eigenvalue weighted by Crippen LogP contribution is -2.49. The zero-order valence-corrected chi connectivity index (χ0v) is 12.6. The molecule has 0 saturated carbocycles. The number of aromatic nitrogens is 1. The van der Waals surface area contributed by atoms with Gasteiger partial charge in [0.1, 0.15) is 0 Å². The molecule has 2 heterocycles. The first kappa shape index (κ1) is 15.8. The highest BCUT2D eigenvalue weighted by Crippen LogP contribution is 2.20. The Bertz CT molecular complexity index is 621. The molecule has 1 saturated heterocycles. The molecule has 1 unspecified atom stereocenters. The standard InChI is InChI=1S/C13H18FN3O3S/c1-21(19,20)16-9-10-5-2-3-8-17(10)13(18)11-6-4-7-15-12(11)14/h4,6-7,10,16H,2-3,5,8-9H2,1H3. The molecule has 0 spiro atoms. The van der Waals surface area contributed by atoms with Gasteiger partial charge in [0.25, 0.3) is 5.91 Å². The summed E-state index contributed by atoms with van der Waals surface area (Å²) in [5, 5.41) is 0. The average Bonchev–Trinajstić information content (AvgIpc) is 2.44. The van der Waals surface area contributed by atoms with Gasteiger partial charge in [-0.3, -0.25) is 4.79 Å². The fraction of sp³-hybridized carbons (Fsp3) is 0.538. The first-order valence-electron chi connectivity index (χ1n) is 6.74. The van der Waals surface area contributed by atoms with Gasteiger partial charge < -0.3 is 4.90 Å². The van der Waals surface area contributed by atoms with Crippen LogP contribution < -0.4 is 4.72 Å². The maximum Gasteiger partial charge on any atom is 0.258 e. The second kappa shape index (κ2) is 6.48. The molecule has 1 aromatic rings. The van der Waals surface area contributed by atoms with E-state index in [0.717, 1.165) is 19.1 Å². The average molecular weight is 315 g/mol. The van der Waals surface area contributed by atoms with Crippen LogP contribution in [0.3, 0.4) is 0 Å². The summed E-state index contributed by atoms with van der Waals surface area (Å²) in [6.45, 7) is 0.635. The van der Waals surface area contributed by atoms with E-state index >= 15 is 0 Å². The Kier molecular flexibility index (Phi) is 4.89. The molecule has 0 aromatic carbocycles. The minimum Gasteiger partial charge on any atom is -0.334 e. The van der Waals surface area contributed by atoms with Gasteiger partial charge in [-0.1, -0.05) is 0 Å². The molecule has 8 heteroatoms. The van der Waals surface area contributed by atoms with Crippen molar-refractivity contribution in [1.82, 2.24) is 14.6 Å². The molecule has 1 atom stereocenters. The summed E-state index contributed by atoms with van der Waals surface area (Å²) in [5.41, 5.74) is -0.0799. The number of amides is 1. The van der Waals surface area contributed by atoms with Crippen molar-refractivity contribution in [2.24, 2.45) is 0 Å². The Balaban J connectivity index is 2.15. The monoisotopic (exact) mass is 315 g/mol. The van der Waals surface area contributed by atoms with Gasteiger partial charge in [-0.2, -0.15) is 4.39 Å². The number of hydrogen-bond donors (Lipinski definition) is 1. The summed E-state index contributed by atoms with van der Waals surface area (Å²) < 4.78 is 38.4. The first-order chi connectivity index (χ1) is 9.88. The van der Waals surface area contributed by atoms with Crippen molar-refractivity contribution in [3.05, 3.63) is 29.8 Å². The summed E-state index contributed by atoms with van der Waals surface area (Å²) >= 11 is 0. The topological polar surface area (TPSA) is 79.4 Å². The van der Waals surface area contributed by atoms with Crippen LogP contribution in [0.1, 0.15) is 29.6 Å². The molecule has 1 aliphatic heterocycles. The van der Waals surface area contributed by atoms with Crippen molar-refractivity contribution in [2.45, 2.75) is 25.3 Å². The second-order valence-electron chi connectivity index (χ2n) is 5.11. The zero-order valence-electron chi connectivity index (χ0n) is 11.8. The third-order valence-corrected chi connectivity index (χ3v) is 4.15. The van der Waals surface area contributed by atoms with Crippen molar-refractivity contribution in [3.63, 3.8) is 0 Å². The van der Waals surface area contributed by atoms with Crippen LogP contribution in [0.5, 0.6) is 0 Å². The molecule has 1 N–H and O–H groups in total. The highest BCUT2D eigenvalue weighted by Gasteiger charge is 2.29. The number of carbonyl (C=O) groups is 1. The summed E-state index contributed by atoms with van der Waals surface area (Å²) in [4.78, 5) is 17.4. The molecule has 1 fully saturated rings. The quantitative estimate of drug-likeness (QED) is 0.832. The molecule has 6 nitrogen and oxygen atoms in total. The van der Waals surface area contributed by atoms with Gasteiger partial charge in [0.15, 0.2) is 0 Å². The fourth-order valence-electron chi connectivity index (χ4n) is 2.43. The molecule has 1 amide bonds. The largest absolute Gasteiger partial charge is 0.334 e. The Morgan fingerprint density at radius 3 is 2.95 bits per heavy atom. The molecule has 0 aliphatic carbocycles. The van der Waals surface area contributed by atoms with Crippen molar-refractivity contribution in [3.8, 4) is 0 Å². The highest BCUT2D eigenvalue weighted by atomic mass is 32.2. The number of nitrogens with one attached hydrogen (secondary N) is 1. The van der Waals surface area contributed by atoms with Gasteiger partial charge in [-0.05, 0) is 31.4 Å². The number of piperidine rings is 1. The first-order valence-corrected chi connectivity index (χ1v) is 8.64. The van der Waals surface area contributed by atoms with Crippen LogP contribution in [0, 0.1) is 5.95 Å². The maximum absolute atomic E-state index is 13.6. The van der Waals surface area contributed by atoms with E-state index in [9.17, 15) is 17.6 Å². The zero-order chi connectivity index (χ0) is 15.5. The maximum atomic E-state index is 13.6. The SMILES string of the molecule is CS(=O)(=O)NCC1CCCCN1C(=O)c1cccnc1F. The number of halogens is 1. The summed E-state index contributed by atoms with van der Waals surface area (Å²) in [5.74, 6) is -1.25. The van der Waals surface area contributed by atoms with Crippen LogP contribution in [-0.4, -0.2) is 49.6 Å². The van der Waals surface area contributed by atoms with Gasteiger partial charge in [0.2, 0.25) is 16.0 Å². The van der Waals surface area contributed by atoms with Crippen LogP contribution in [0.4, 0.5) is 4.39 Å². The molecule has 0 bridgehead atoms. The number of carbonyl (C=O) groups excluding carboxylic acids is 1. The molecule has 2 rings (SSSR count). The lowest BCUT2D eigenvalue weighted by molar-refractivity contribution is 0.0613. The predicted octanol–water partition coefficient (Wildman–Crippen LogP) is 0.765. The van der Waals surface area contributed by atoms with Crippen molar-refractivity contribution < 1.29 is 17.6 Å². The van der Waals surface area contributed by atoms with E-state index in [2.05, 4.69) is 9.71 Å². The number of sulfonamides is 1. The van der Waals surface area contributed by atoms with E-state index < -0.39 is 21.9 Å². The molecule has 116 valence electrons. The van der Waals surface area contributed by atoms with Crippen molar-refractivity contribution >= 4 is 15.9 Å². The number of rotatable bonds is 4. The molecular weight excluding hydrogens is 297 g/mol. The van der Waals surface area contributed by atoms with Crippen molar-refractivity contribution in [1.29, 1.82) is 0 Å². The number of nitrogens with zero attached hydrogens (tertiary/aromatic N) is 2. The van der Waals surface area contributed by atoms with Gasteiger partial charge >= 0.3 is 0 Å². The van der Waals surface area contributed by atoms with Gasteiger partial charge in [-0.25, -0.2) is 18.1 Å². The third kappa shape index (κ3) is 4.21. The van der Waals surface area contributed by atoms with Crippen LogP contribution in [0.2, 0.25) is 0 Å². The van der Waals surface area contributed by atoms with E-state index in [1.54, 1.807) is 0 Å². The van der Waals surface area contributed by atoms with E-state index in [-0.39, 0.29) is 18.2 Å². The number of pyridine rings is 1. The lowest BCUT2D eigenvalue weighted by atomic mass is 10.0. The van der Waals surface area contributed by atoms with E-state index in [1.807, 2.05) is 0 Å². The minimum atomic E-state index is -3.32. The van der Waals surface area contributed by atoms with Crippen LogP contribution in [-0.2, 0) is 10.0 Å². The number of likely N-dealkylation sites (tertiary alicyclic amines) is 1. The van der Waals surface area contributed by atoms with E-state index in [1.165, 1.54) is 23.2 Å². The summed E-state index contributed by atoms with van der Waals surface area (Å²) in [7, 11) is -3.32. The van der Waals surface area contributed by atoms with E-state index in [4.69, 9.17) is 0 Å². The van der Waals surface area contributed by atoms with Crippen LogP contribution in [0.25, 0.3) is 0 Å². The molecule has 1 aliphatic rings. The van der Waals surface area contributed by atoms with Gasteiger partial charge in [-0.15, -0.1) is 0 Å². The summed E-state index contributed by atoms with van der Waals surface area (Å²) in [6.07, 6.45) is 4.78. The van der Waals surface area contributed by atoms with Crippen LogP contribution in [0.15, 0.2) is 18.3 Å². The van der Waals surface area contributed by atoms with Crippen LogP contribution >= 0.6 is 0 Å². The highest BCUT2D eigenvalue weighted by molar-refractivity contribution is 7.88. The normalized spacial score (nSPS) is 19.5. The smallest absolute Gasteiger partial charge is 0.258 e. The Hall–Kier alpha value is -1.54. The number of hydrogen-bond acceptors (Lipinski definition) is 4. The lowest BCUT2D eigenvalue weighted by Gasteiger charge is -2.35. The minimum absolute atomic E-state index is 0.0799. The second-order valence-corrected chi connectivity index (χ2v) is 6.94. The van der Waals surface area contributed by atoms with Crippen molar-refractivity contribution in [2.75, 3.05) is 19.3 Å². The van der Waals surface area contributed by atoms with Gasteiger partial charge in [0, 0.05) is 25.3 Å². The summed E-state index contributed by atoms with van der Waals surface area (Å²) in [6, 6.07) is 2.63. The Morgan fingerprint density at radius 2 is 2.29 bits per heavy atom. The van der Waals surface area contributed by atoms with E-state index in [0.29, 0.717) is 13.0 Å². The third-order valence-electron chi connectivity index (χ3n) is 3.46. The molecule has 1 aromatic heterocycles. The molecule has 0 radical (unpaired) electrons. The predicted molar refractivity (Wildman–Crippen MR) is 75.7 cm³/mol. The molecular formula is C13H18FN3O3S. The van der Waals surface area contributed by atoms with Gasteiger partial charge in [0.05, 0.1) is 11.8 Å². The Morgan fingerprint density at radius 1 is 1.52 bits per heavy atom. The molecule has 21 heavy (non-hydrogen) atoms.